The van der Waals surface area contributed by atoms with E-state index in [9.17, 15) is 0 Å². The third kappa shape index (κ3) is 3.31. The van der Waals surface area contributed by atoms with Crippen LogP contribution < -0.4 is 0 Å². The predicted octanol–water partition coefficient (Wildman–Crippen LogP) is -1.55. The summed E-state index contributed by atoms with van der Waals surface area (Å²) < 4.78 is -1.04. The highest BCUT2D eigenvalue weighted by molar-refractivity contribution is 14.1. The van der Waals surface area contributed by atoms with Crippen molar-refractivity contribution >= 4 is 22.6 Å². The van der Waals surface area contributed by atoms with Crippen LogP contribution in [-0.4, -0.2) is 43.4 Å². The molecule has 56 valence electrons. The van der Waals surface area contributed by atoms with Crippen LogP contribution in [0.15, 0.2) is 0 Å². The summed E-state index contributed by atoms with van der Waals surface area (Å²) in [5.74, 6) is 0. The summed E-state index contributed by atoms with van der Waals surface area (Å²) in [7, 11) is 0. The highest BCUT2D eigenvalue weighted by Gasteiger charge is 2.20. The van der Waals surface area contributed by atoms with Gasteiger partial charge in [-0.05, 0) is 22.6 Å². The molecule has 0 aliphatic heterocycles. The highest BCUT2D eigenvalue weighted by Crippen LogP contribution is 2.05. The molecule has 0 aromatic heterocycles. The normalized spacial score (nSPS) is 21.0. The molecule has 0 fully saturated rings. The second kappa shape index (κ2) is 4.40. The molecule has 0 rings (SSSR count). The molecule has 3 atom stereocenters. The Morgan fingerprint density at radius 2 is 1.67 bits per heavy atom. The van der Waals surface area contributed by atoms with E-state index >= 15 is 0 Å². The smallest absolute Gasteiger partial charge is 0.133 e. The monoisotopic (exact) mass is 248 g/mol. The Bertz CT molecular complexity index is 77.0. The van der Waals surface area contributed by atoms with Crippen molar-refractivity contribution in [2.45, 2.75) is 16.3 Å². The van der Waals surface area contributed by atoms with Crippen molar-refractivity contribution in [2.24, 2.45) is 0 Å². The van der Waals surface area contributed by atoms with Crippen LogP contribution in [0.1, 0.15) is 0 Å². The van der Waals surface area contributed by atoms with E-state index < -0.39 is 22.9 Å². The molecule has 0 amide bonds. The maximum Gasteiger partial charge on any atom is 0.133 e. The summed E-state index contributed by atoms with van der Waals surface area (Å²) in [5.41, 5.74) is 0. The quantitative estimate of drug-likeness (QED) is 0.360. The fourth-order valence-electron chi connectivity index (χ4n) is 0.291. The zero-order chi connectivity index (χ0) is 7.44. The molecule has 0 spiro atoms. The van der Waals surface area contributed by atoms with Gasteiger partial charge in [0.25, 0.3) is 0 Å². The van der Waals surface area contributed by atoms with Crippen LogP contribution >= 0.6 is 22.6 Å². The van der Waals surface area contributed by atoms with E-state index in [2.05, 4.69) is 0 Å². The van der Waals surface area contributed by atoms with E-state index in [0.717, 1.165) is 0 Å². The molecule has 0 aromatic carbocycles. The van der Waals surface area contributed by atoms with Crippen LogP contribution in [0, 0.1) is 0 Å². The molecule has 0 heterocycles. The number of aliphatic hydroxyl groups excluding tert-OH is 4. The Kier molecular flexibility index (Phi) is 4.67. The van der Waals surface area contributed by atoms with Crippen LogP contribution in [0.4, 0.5) is 0 Å². The van der Waals surface area contributed by atoms with Crippen molar-refractivity contribution in [3.8, 4) is 0 Å². The van der Waals surface area contributed by atoms with Gasteiger partial charge >= 0.3 is 0 Å². The molecule has 9 heavy (non-hydrogen) atoms. The minimum atomic E-state index is -1.27. The van der Waals surface area contributed by atoms with Gasteiger partial charge in [-0.2, -0.15) is 0 Å². The topological polar surface area (TPSA) is 80.9 Å². The fourth-order valence-corrected chi connectivity index (χ4v) is 0.771. The average molecular weight is 248 g/mol. The van der Waals surface area contributed by atoms with Gasteiger partial charge in [-0.15, -0.1) is 0 Å². The van der Waals surface area contributed by atoms with Gasteiger partial charge in [0.1, 0.15) is 16.3 Å². The van der Waals surface area contributed by atoms with Crippen molar-refractivity contribution in [1.29, 1.82) is 0 Å². The summed E-state index contributed by atoms with van der Waals surface area (Å²) >= 11 is 1.54. The van der Waals surface area contributed by atoms with Gasteiger partial charge in [-0.1, -0.05) is 0 Å². The Labute approximate surface area is 66.3 Å². The summed E-state index contributed by atoms with van der Waals surface area (Å²) in [6, 6.07) is 0. The first-order valence-corrected chi connectivity index (χ1v) is 3.63. The van der Waals surface area contributed by atoms with Crippen LogP contribution in [-0.2, 0) is 0 Å². The largest absolute Gasteiger partial charge is 0.394 e. The van der Waals surface area contributed by atoms with Gasteiger partial charge in [0, 0.05) is 0 Å². The van der Waals surface area contributed by atoms with Crippen molar-refractivity contribution in [3.05, 3.63) is 0 Å². The molecule has 3 unspecified atom stereocenters. The summed E-state index contributed by atoms with van der Waals surface area (Å²) in [4.78, 5) is 0. The molecule has 0 aliphatic carbocycles. The average Bonchev–Trinajstić information content (AvgIpc) is 1.84. The highest BCUT2D eigenvalue weighted by atomic mass is 127. The molecule has 0 aliphatic rings. The van der Waals surface area contributed by atoms with Crippen molar-refractivity contribution in [2.75, 3.05) is 6.61 Å². The Morgan fingerprint density at radius 1 is 1.22 bits per heavy atom. The summed E-state index contributed by atoms with van der Waals surface area (Å²) in [6.45, 7) is -0.540. The van der Waals surface area contributed by atoms with E-state index in [1.807, 2.05) is 0 Å². The Balaban J connectivity index is 3.58. The molecule has 0 bridgehead atoms. The van der Waals surface area contributed by atoms with Crippen LogP contribution in [0.25, 0.3) is 0 Å². The molecule has 4 nitrogen and oxygen atoms in total. The second-order valence-electron chi connectivity index (χ2n) is 1.61. The number of aliphatic hydroxyl groups is 4. The van der Waals surface area contributed by atoms with Crippen LogP contribution in [0.5, 0.6) is 0 Å². The van der Waals surface area contributed by atoms with Gasteiger partial charge in [-0.25, -0.2) is 0 Å². The summed E-state index contributed by atoms with van der Waals surface area (Å²) in [5, 5.41) is 34.2. The number of rotatable bonds is 3. The first-order chi connectivity index (χ1) is 4.09. The number of hydrogen-bond donors (Lipinski definition) is 4. The molecule has 5 heteroatoms. The maximum absolute atomic E-state index is 8.73. The van der Waals surface area contributed by atoms with E-state index in [4.69, 9.17) is 20.4 Å². The van der Waals surface area contributed by atoms with Crippen LogP contribution in [0.3, 0.4) is 0 Å². The molecule has 0 saturated carbocycles. The van der Waals surface area contributed by atoms with E-state index in [-0.39, 0.29) is 0 Å². The SMILES string of the molecule is OCC(O)C(O)C(O)I. The zero-order valence-electron chi connectivity index (χ0n) is 4.61. The number of hydrogen-bond acceptors (Lipinski definition) is 4. The van der Waals surface area contributed by atoms with E-state index in [0.29, 0.717) is 0 Å². The molecular formula is C4H9IO4. The van der Waals surface area contributed by atoms with Crippen molar-refractivity contribution < 1.29 is 20.4 Å². The van der Waals surface area contributed by atoms with Gasteiger partial charge in [0.05, 0.1) is 6.61 Å². The first-order valence-electron chi connectivity index (χ1n) is 2.38. The minimum Gasteiger partial charge on any atom is -0.394 e. The van der Waals surface area contributed by atoms with Gasteiger partial charge < -0.3 is 20.4 Å². The fraction of sp³-hybridized carbons (Fsp3) is 1.00. The molecule has 0 saturated heterocycles. The Hall–Kier alpha value is 0.570. The lowest BCUT2D eigenvalue weighted by Gasteiger charge is -2.16. The third-order valence-electron chi connectivity index (χ3n) is 0.863. The number of halogens is 1. The predicted molar refractivity (Wildman–Crippen MR) is 39.1 cm³/mol. The van der Waals surface area contributed by atoms with Crippen molar-refractivity contribution in [1.82, 2.24) is 0 Å². The second-order valence-corrected chi connectivity index (χ2v) is 2.89. The lowest BCUT2D eigenvalue weighted by Crippen LogP contribution is -2.36. The van der Waals surface area contributed by atoms with E-state index in [1.54, 1.807) is 22.6 Å². The van der Waals surface area contributed by atoms with Crippen LogP contribution in [0.2, 0.25) is 0 Å². The third-order valence-corrected chi connectivity index (χ3v) is 1.60. The molecule has 4 N–H and O–H groups in total. The van der Waals surface area contributed by atoms with Crippen molar-refractivity contribution in [3.63, 3.8) is 0 Å². The van der Waals surface area contributed by atoms with Gasteiger partial charge in [-0.3, -0.25) is 0 Å². The first kappa shape index (κ1) is 9.57. The van der Waals surface area contributed by atoms with Gasteiger partial charge in [0.2, 0.25) is 0 Å². The molecule has 0 aromatic rings. The Morgan fingerprint density at radius 3 is 1.78 bits per heavy atom. The zero-order valence-corrected chi connectivity index (χ0v) is 6.76. The lowest BCUT2D eigenvalue weighted by atomic mass is 10.2. The number of alkyl halides is 1. The summed E-state index contributed by atoms with van der Waals surface area (Å²) in [6.07, 6.45) is -2.52. The standard InChI is InChI=1S/C4H9IO4/c5-4(9)3(8)2(7)1-6/h2-4,6-9H,1H2. The molecular weight excluding hydrogens is 239 g/mol. The lowest BCUT2D eigenvalue weighted by molar-refractivity contribution is -0.0445. The van der Waals surface area contributed by atoms with Gasteiger partial charge in [0.15, 0.2) is 0 Å². The van der Waals surface area contributed by atoms with E-state index in [1.165, 1.54) is 0 Å². The maximum atomic E-state index is 8.73. The molecule has 0 radical (unpaired) electrons. The minimum absolute atomic E-state index is 0.540.